The minimum atomic E-state index is -1.42. The van der Waals surface area contributed by atoms with E-state index in [1.165, 1.54) is 0 Å². The summed E-state index contributed by atoms with van der Waals surface area (Å²) in [5.74, 6) is -2.48. The molecule has 1 aromatic heterocycles. The van der Waals surface area contributed by atoms with E-state index in [-0.39, 0.29) is 12.3 Å². The van der Waals surface area contributed by atoms with Crippen LogP contribution in [0.1, 0.15) is 41.9 Å². The lowest BCUT2D eigenvalue weighted by Crippen LogP contribution is -2.21. The summed E-state index contributed by atoms with van der Waals surface area (Å²) in [6.45, 7) is 3.95. The lowest BCUT2D eigenvalue weighted by molar-refractivity contribution is -0.147. The number of carboxylic acid groups (broad SMARTS) is 1. The first kappa shape index (κ1) is 25.3. The van der Waals surface area contributed by atoms with Crippen molar-refractivity contribution in [3.05, 3.63) is 101 Å². The molecular formula is C27H28N2O6. The smallest absolute Gasteiger partial charge is 0.355 e. The summed E-state index contributed by atoms with van der Waals surface area (Å²) in [4.78, 5) is 36.8. The van der Waals surface area contributed by atoms with E-state index in [9.17, 15) is 19.5 Å². The molecular weight excluding hydrogens is 448 g/mol. The Labute approximate surface area is 203 Å². The topological polar surface area (TPSA) is 107 Å². The fourth-order valence-corrected chi connectivity index (χ4v) is 3.19. The fraction of sp³-hybridized carbons (Fsp3) is 0.222. The van der Waals surface area contributed by atoms with Gasteiger partial charge in [0.25, 0.3) is 0 Å². The number of esters is 2. The molecule has 1 unspecified atom stereocenters. The molecule has 0 spiro atoms. The van der Waals surface area contributed by atoms with Crippen LogP contribution in [0.4, 0.5) is 5.82 Å². The first-order valence-electron chi connectivity index (χ1n) is 11.2. The van der Waals surface area contributed by atoms with Crippen molar-refractivity contribution in [1.82, 2.24) is 4.57 Å². The van der Waals surface area contributed by atoms with E-state index in [2.05, 4.69) is 5.32 Å². The third kappa shape index (κ3) is 7.07. The molecule has 35 heavy (non-hydrogen) atoms. The zero-order valence-electron chi connectivity index (χ0n) is 19.6. The molecule has 0 amide bonds. The third-order valence-corrected chi connectivity index (χ3v) is 5.28. The standard InChI is InChI=1S/C27H28N2O6/c1-3-19(2)35-26(32)22(25(30)31)16-28-24-15-14-23(29(24)17-20-10-6-4-7-11-20)27(33)34-18-21-12-8-5-9-13-21/h4-16,19,28H,3,17-18H2,1-2H3,(H,30,31). The first-order valence-corrected chi connectivity index (χ1v) is 11.2. The highest BCUT2D eigenvalue weighted by Crippen LogP contribution is 2.20. The molecule has 8 nitrogen and oxygen atoms in total. The van der Waals surface area contributed by atoms with Gasteiger partial charge in [0.05, 0.1) is 6.10 Å². The van der Waals surface area contributed by atoms with Crippen LogP contribution in [0.2, 0.25) is 0 Å². The Morgan fingerprint density at radius 2 is 1.60 bits per heavy atom. The Balaban J connectivity index is 1.86. The molecule has 2 N–H and O–H groups in total. The summed E-state index contributed by atoms with van der Waals surface area (Å²) < 4.78 is 12.3. The number of nitrogens with one attached hydrogen (secondary N) is 1. The van der Waals surface area contributed by atoms with Gasteiger partial charge in [0.2, 0.25) is 0 Å². The zero-order chi connectivity index (χ0) is 25.2. The number of carbonyl (C=O) groups is 3. The summed E-state index contributed by atoms with van der Waals surface area (Å²) in [5, 5.41) is 12.3. The van der Waals surface area contributed by atoms with Gasteiger partial charge in [-0.2, -0.15) is 0 Å². The van der Waals surface area contributed by atoms with Crippen LogP contribution < -0.4 is 5.32 Å². The average molecular weight is 477 g/mol. The normalized spacial score (nSPS) is 12.0. The molecule has 3 aromatic rings. The van der Waals surface area contributed by atoms with Crippen molar-refractivity contribution in [2.75, 3.05) is 5.32 Å². The minimum Gasteiger partial charge on any atom is -0.477 e. The molecule has 2 aromatic carbocycles. The lowest BCUT2D eigenvalue weighted by Gasteiger charge is -2.14. The molecule has 0 aliphatic rings. The van der Waals surface area contributed by atoms with Crippen LogP contribution in [0.3, 0.4) is 0 Å². The van der Waals surface area contributed by atoms with Crippen molar-refractivity contribution in [1.29, 1.82) is 0 Å². The lowest BCUT2D eigenvalue weighted by atomic mass is 10.2. The molecule has 0 aliphatic carbocycles. The number of aliphatic carboxylic acids is 1. The second kappa shape index (κ2) is 12.2. The molecule has 1 heterocycles. The maximum absolute atomic E-state index is 12.9. The van der Waals surface area contributed by atoms with Crippen molar-refractivity contribution in [3.63, 3.8) is 0 Å². The van der Waals surface area contributed by atoms with Crippen molar-refractivity contribution in [2.24, 2.45) is 0 Å². The molecule has 182 valence electrons. The van der Waals surface area contributed by atoms with E-state index in [0.717, 1.165) is 17.3 Å². The number of carbonyl (C=O) groups excluding carboxylic acids is 2. The van der Waals surface area contributed by atoms with Crippen LogP contribution in [0.5, 0.6) is 0 Å². The van der Waals surface area contributed by atoms with Crippen molar-refractivity contribution >= 4 is 23.7 Å². The van der Waals surface area contributed by atoms with Gasteiger partial charge in [-0.1, -0.05) is 67.6 Å². The number of carboxylic acids is 1. The highest BCUT2D eigenvalue weighted by molar-refractivity contribution is 6.13. The second-order valence-corrected chi connectivity index (χ2v) is 7.87. The number of aromatic nitrogens is 1. The summed E-state index contributed by atoms with van der Waals surface area (Å²) in [5.41, 5.74) is 1.50. The third-order valence-electron chi connectivity index (χ3n) is 5.28. The predicted octanol–water partition coefficient (Wildman–Crippen LogP) is 4.62. The van der Waals surface area contributed by atoms with Gasteiger partial charge in [0.1, 0.15) is 18.1 Å². The highest BCUT2D eigenvalue weighted by atomic mass is 16.5. The van der Waals surface area contributed by atoms with Crippen molar-refractivity contribution < 1.29 is 29.0 Å². The monoisotopic (exact) mass is 476 g/mol. The summed E-state index contributed by atoms with van der Waals surface area (Å²) in [6.07, 6.45) is 1.21. The Hall–Kier alpha value is -4.33. The second-order valence-electron chi connectivity index (χ2n) is 7.87. The van der Waals surface area contributed by atoms with E-state index in [1.807, 2.05) is 67.6 Å². The molecule has 0 radical (unpaired) electrons. The molecule has 1 atom stereocenters. The first-order chi connectivity index (χ1) is 16.9. The van der Waals surface area contributed by atoms with E-state index in [0.29, 0.717) is 18.8 Å². The number of nitrogens with zero attached hydrogens (tertiary/aromatic N) is 1. The Kier molecular flexibility index (Phi) is 8.83. The van der Waals surface area contributed by atoms with Gasteiger partial charge in [-0.3, -0.25) is 0 Å². The van der Waals surface area contributed by atoms with Gasteiger partial charge in [-0.25, -0.2) is 14.4 Å². The quantitative estimate of drug-likeness (QED) is 0.180. The van der Waals surface area contributed by atoms with Gasteiger partial charge in [0.15, 0.2) is 5.57 Å². The van der Waals surface area contributed by atoms with Crippen LogP contribution in [0, 0.1) is 0 Å². The summed E-state index contributed by atoms with van der Waals surface area (Å²) in [7, 11) is 0. The number of rotatable bonds is 11. The predicted molar refractivity (Wildman–Crippen MR) is 131 cm³/mol. The van der Waals surface area contributed by atoms with Crippen molar-refractivity contribution in [3.8, 4) is 0 Å². The van der Waals surface area contributed by atoms with Crippen LogP contribution >= 0.6 is 0 Å². The zero-order valence-corrected chi connectivity index (χ0v) is 19.6. The van der Waals surface area contributed by atoms with Gasteiger partial charge in [0, 0.05) is 12.7 Å². The number of anilines is 1. The summed E-state index contributed by atoms with van der Waals surface area (Å²) in [6, 6.07) is 22.0. The summed E-state index contributed by atoms with van der Waals surface area (Å²) >= 11 is 0. The average Bonchev–Trinajstić information content (AvgIpc) is 3.25. The number of ether oxygens (including phenoxy) is 2. The van der Waals surface area contributed by atoms with Crippen molar-refractivity contribution in [2.45, 2.75) is 39.5 Å². The number of benzene rings is 2. The largest absolute Gasteiger partial charge is 0.477 e. The van der Waals surface area contributed by atoms with Crippen LogP contribution in [-0.4, -0.2) is 33.7 Å². The van der Waals surface area contributed by atoms with Gasteiger partial charge in [-0.15, -0.1) is 0 Å². The Morgan fingerprint density at radius 3 is 2.20 bits per heavy atom. The molecule has 0 saturated carbocycles. The molecule has 8 heteroatoms. The maximum atomic E-state index is 12.9. The molecule has 0 saturated heterocycles. The van der Waals surface area contributed by atoms with E-state index in [1.54, 1.807) is 23.6 Å². The van der Waals surface area contributed by atoms with E-state index in [4.69, 9.17) is 9.47 Å². The van der Waals surface area contributed by atoms with Crippen LogP contribution in [0.15, 0.2) is 84.6 Å². The number of hydrogen-bond acceptors (Lipinski definition) is 6. The highest BCUT2D eigenvalue weighted by Gasteiger charge is 2.22. The SMILES string of the molecule is CCC(C)OC(=O)C(=CNc1ccc(C(=O)OCc2ccccc2)n1Cc1ccccc1)C(=O)O. The molecule has 3 rings (SSSR count). The fourth-order valence-electron chi connectivity index (χ4n) is 3.19. The van der Waals surface area contributed by atoms with Gasteiger partial charge >= 0.3 is 17.9 Å². The molecule has 0 bridgehead atoms. The van der Waals surface area contributed by atoms with E-state index >= 15 is 0 Å². The Morgan fingerprint density at radius 1 is 0.971 bits per heavy atom. The Bertz CT molecular complexity index is 1180. The van der Waals surface area contributed by atoms with Crippen LogP contribution in [0.25, 0.3) is 0 Å². The van der Waals surface area contributed by atoms with E-state index < -0.39 is 29.6 Å². The molecule has 0 aliphatic heterocycles. The number of hydrogen-bond donors (Lipinski definition) is 2. The minimum absolute atomic E-state index is 0.115. The maximum Gasteiger partial charge on any atom is 0.355 e. The van der Waals surface area contributed by atoms with Gasteiger partial charge in [-0.05, 0) is 36.6 Å². The van der Waals surface area contributed by atoms with Gasteiger partial charge < -0.3 is 24.5 Å². The van der Waals surface area contributed by atoms with Crippen LogP contribution in [-0.2, 0) is 32.2 Å². The molecule has 0 fully saturated rings.